The third-order valence-corrected chi connectivity index (χ3v) is 6.39. The third kappa shape index (κ3) is 5.85. The summed E-state index contributed by atoms with van der Waals surface area (Å²) >= 11 is 2.09. The molecule has 3 nitrogen and oxygen atoms in total. The quantitative estimate of drug-likeness (QED) is 0.405. The number of hydrogen-bond donors (Lipinski definition) is 0. The molecule has 160 valence electrons. The molecule has 0 unspecified atom stereocenters. The first-order valence-electron chi connectivity index (χ1n) is 8.58. The van der Waals surface area contributed by atoms with Crippen LogP contribution in [0.25, 0.3) is 0 Å². The van der Waals surface area contributed by atoms with Crippen LogP contribution < -0.4 is 0 Å². The van der Waals surface area contributed by atoms with E-state index < -0.39 is 23.5 Å². The number of halogens is 6. The van der Waals surface area contributed by atoms with Crippen molar-refractivity contribution in [3.63, 3.8) is 0 Å². The Kier molecular flexibility index (Phi) is 6.91. The Balaban J connectivity index is 1.97. The van der Waals surface area contributed by atoms with Gasteiger partial charge < -0.3 is 4.74 Å². The highest BCUT2D eigenvalue weighted by atomic mass is 32.2. The lowest BCUT2D eigenvalue weighted by Gasteiger charge is -2.26. The molecule has 0 bridgehead atoms. The molecule has 2 aromatic carbocycles. The predicted molar refractivity (Wildman–Crippen MR) is 100.0 cm³/mol. The summed E-state index contributed by atoms with van der Waals surface area (Å²) in [4.78, 5) is 0.843. The van der Waals surface area contributed by atoms with Crippen LogP contribution in [-0.2, 0) is 17.1 Å². The summed E-state index contributed by atoms with van der Waals surface area (Å²) in [5, 5.41) is 9.15. The zero-order chi connectivity index (χ0) is 21.9. The van der Waals surface area contributed by atoms with Crippen LogP contribution in [0.3, 0.4) is 0 Å². The lowest BCUT2D eigenvalue weighted by molar-refractivity contribution is -0.143. The minimum Gasteiger partial charge on any atom is -0.379 e. The van der Waals surface area contributed by atoms with Gasteiger partial charge in [0.2, 0.25) is 0 Å². The Hall–Kier alpha value is -1.87. The van der Waals surface area contributed by atoms with Gasteiger partial charge in [-0.1, -0.05) is 11.8 Å². The van der Waals surface area contributed by atoms with Gasteiger partial charge in [-0.3, -0.25) is 0 Å². The second-order valence-electron chi connectivity index (χ2n) is 6.25. The normalized spacial score (nSPS) is 15.8. The van der Waals surface area contributed by atoms with Gasteiger partial charge in [0.25, 0.3) is 0 Å². The monoisotopic (exact) mass is 464 g/mol. The number of benzene rings is 2. The third-order valence-electron chi connectivity index (χ3n) is 4.06. The minimum absolute atomic E-state index is 0.103. The van der Waals surface area contributed by atoms with Crippen LogP contribution in [0, 0.1) is 11.3 Å². The fourth-order valence-corrected chi connectivity index (χ4v) is 4.73. The second-order valence-corrected chi connectivity index (χ2v) is 8.50. The molecule has 30 heavy (non-hydrogen) atoms. The maximum Gasteiger partial charge on any atom is 0.416 e. The molecule has 2 aromatic rings. The van der Waals surface area contributed by atoms with Crippen LogP contribution in [-0.4, -0.2) is 30.6 Å². The van der Waals surface area contributed by atoms with Gasteiger partial charge in [-0.2, -0.15) is 31.6 Å². The number of rotatable bonds is 4. The van der Waals surface area contributed by atoms with Crippen LogP contribution in [0.15, 0.2) is 51.1 Å². The molecule has 0 saturated carbocycles. The standard InChI is InChI=1S/C19H14F6N2OS2/c20-18(21,22)13-8-14(19(23,24)25)10-15(9-13)29-16-2-1-12(11-26)7-17(16)30-27-3-5-28-6-4-27/h1-2,7-10H,3-6H2. The van der Waals surface area contributed by atoms with Crippen molar-refractivity contribution in [3.05, 3.63) is 53.1 Å². The summed E-state index contributed by atoms with van der Waals surface area (Å²) in [6.07, 6.45) is -9.82. The largest absolute Gasteiger partial charge is 0.416 e. The molecule has 0 atom stereocenters. The number of nitrogens with zero attached hydrogens (tertiary/aromatic N) is 2. The van der Waals surface area contributed by atoms with Gasteiger partial charge in [0, 0.05) is 27.8 Å². The first-order valence-corrected chi connectivity index (χ1v) is 10.2. The number of hydrogen-bond acceptors (Lipinski definition) is 5. The zero-order valence-electron chi connectivity index (χ0n) is 15.2. The summed E-state index contributed by atoms with van der Waals surface area (Å²) in [7, 11) is 0. The molecule has 1 saturated heterocycles. The van der Waals surface area contributed by atoms with Gasteiger partial charge in [0.15, 0.2) is 0 Å². The van der Waals surface area contributed by atoms with Crippen molar-refractivity contribution in [2.24, 2.45) is 0 Å². The minimum atomic E-state index is -4.91. The van der Waals surface area contributed by atoms with Gasteiger partial charge in [-0.15, -0.1) is 0 Å². The molecule has 1 aliphatic heterocycles. The van der Waals surface area contributed by atoms with E-state index in [0.29, 0.717) is 53.8 Å². The lowest BCUT2D eigenvalue weighted by Crippen LogP contribution is -2.30. The summed E-state index contributed by atoms with van der Waals surface area (Å²) < 4.78 is 86.0. The first kappa shape index (κ1) is 22.8. The van der Waals surface area contributed by atoms with Crippen LogP contribution in [0.4, 0.5) is 26.3 Å². The van der Waals surface area contributed by atoms with E-state index in [1.165, 1.54) is 24.1 Å². The molecule has 0 aliphatic carbocycles. The first-order chi connectivity index (χ1) is 14.1. The van der Waals surface area contributed by atoms with Crippen LogP contribution in [0.1, 0.15) is 16.7 Å². The maximum absolute atomic E-state index is 13.1. The molecule has 0 aromatic heterocycles. The molecule has 1 aliphatic rings. The Bertz CT molecular complexity index is 917. The van der Waals surface area contributed by atoms with E-state index >= 15 is 0 Å². The average molecular weight is 464 g/mol. The van der Waals surface area contributed by atoms with E-state index in [1.807, 2.05) is 10.4 Å². The Morgan fingerprint density at radius 1 is 0.867 bits per heavy atom. The van der Waals surface area contributed by atoms with E-state index in [9.17, 15) is 26.3 Å². The van der Waals surface area contributed by atoms with Crippen molar-refractivity contribution in [1.29, 1.82) is 5.26 Å². The molecule has 0 radical (unpaired) electrons. The SMILES string of the molecule is N#Cc1ccc(Sc2cc(C(F)(F)F)cc(C(F)(F)F)c2)c(SN2CCOCC2)c1. The molecule has 0 N–H and O–H groups in total. The van der Waals surface area contributed by atoms with E-state index in [0.717, 1.165) is 11.8 Å². The van der Waals surface area contributed by atoms with E-state index in [-0.39, 0.29) is 11.0 Å². The summed E-state index contributed by atoms with van der Waals surface area (Å²) in [6.45, 7) is 2.23. The Morgan fingerprint density at radius 3 is 2.00 bits per heavy atom. The second kappa shape index (κ2) is 9.09. The molecular formula is C19H14F6N2OS2. The highest BCUT2D eigenvalue weighted by Crippen LogP contribution is 2.42. The molecule has 0 amide bonds. The van der Waals surface area contributed by atoms with Gasteiger partial charge in [0.05, 0.1) is 36.0 Å². The molecule has 3 rings (SSSR count). The van der Waals surface area contributed by atoms with Crippen LogP contribution in [0.5, 0.6) is 0 Å². The maximum atomic E-state index is 13.1. The van der Waals surface area contributed by atoms with E-state index in [2.05, 4.69) is 0 Å². The lowest BCUT2D eigenvalue weighted by atomic mass is 10.1. The molecular weight excluding hydrogens is 450 g/mol. The summed E-state index contributed by atoms with van der Waals surface area (Å²) in [5.41, 5.74) is -2.39. The van der Waals surface area contributed by atoms with Crippen molar-refractivity contribution < 1.29 is 31.1 Å². The van der Waals surface area contributed by atoms with Crippen molar-refractivity contribution >= 4 is 23.7 Å². The number of morpholine rings is 1. The Labute approximate surface area is 177 Å². The average Bonchev–Trinajstić information content (AvgIpc) is 2.68. The van der Waals surface area contributed by atoms with Gasteiger partial charge in [-0.25, -0.2) is 4.31 Å². The highest BCUT2D eigenvalue weighted by Gasteiger charge is 2.37. The van der Waals surface area contributed by atoms with Crippen LogP contribution >= 0.6 is 23.7 Å². The molecule has 1 heterocycles. The molecule has 1 fully saturated rings. The Morgan fingerprint density at radius 2 is 1.47 bits per heavy atom. The highest BCUT2D eigenvalue weighted by molar-refractivity contribution is 8.01. The van der Waals surface area contributed by atoms with Gasteiger partial charge in [-0.05, 0) is 48.3 Å². The predicted octanol–water partition coefficient (Wildman–Crippen LogP) is 6.09. The fraction of sp³-hybridized carbons (Fsp3) is 0.316. The topological polar surface area (TPSA) is 36.3 Å². The van der Waals surface area contributed by atoms with E-state index in [4.69, 9.17) is 10.00 Å². The fourth-order valence-electron chi connectivity index (χ4n) is 2.62. The van der Waals surface area contributed by atoms with Crippen LogP contribution in [0.2, 0.25) is 0 Å². The zero-order valence-corrected chi connectivity index (χ0v) is 16.8. The van der Waals surface area contributed by atoms with Gasteiger partial charge in [0.1, 0.15) is 0 Å². The van der Waals surface area contributed by atoms with Crippen molar-refractivity contribution in [3.8, 4) is 6.07 Å². The van der Waals surface area contributed by atoms with Crippen molar-refractivity contribution in [1.82, 2.24) is 4.31 Å². The summed E-state index contributed by atoms with van der Waals surface area (Å²) in [5.74, 6) is 0. The summed E-state index contributed by atoms with van der Waals surface area (Å²) in [6, 6.07) is 8.06. The smallest absolute Gasteiger partial charge is 0.379 e. The molecule has 0 spiro atoms. The van der Waals surface area contributed by atoms with E-state index in [1.54, 1.807) is 6.07 Å². The van der Waals surface area contributed by atoms with Gasteiger partial charge >= 0.3 is 12.4 Å². The van der Waals surface area contributed by atoms with Crippen molar-refractivity contribution in [2.75, 3.05) is 26.3 Å². The molecule has 11 heteroatoms. The number of ether oxygens (including phenoxy) is 1. The number of nitriles is 1. The number of alkyl halides is 6. The van der Waals surface area contributed by atoms with Crippen molar-refractivity contribution in [2.45, 2.75) is 27.0 Å².